The largest absolute Gasteiger partial charge is 0.379 e. The fourth-order valence-electron chi connectivity index (χ4n) is 3.08. The molecule has 0 aromatic heterocycles. The van der Waals surface area contributed by atoms with Crippen LogP contribution in [0.25, 0.3) is 0 Å². The second-order valence-electron chi connectivity index (χ2n) is 5.74. The highest BCUT2D eigenvalue weighted by Gasteiger charge is 2.15. The third kappa shape index (κ3) is 3.10. The van der Waals surface area contributed by atoms with Gasteiger partial charge in [0.05, 0.1) is 13.2 Å². The van der Waals surface area contributed by atoms with Crippen molar-refractivity contribution in [3.8, 4) is 0 Å². The summed E-state index contributed by atoms with van der Waals surface area (Å²) in [5, 5.41) is 3.52. The SMILES string of the molecule is CN(CCC1COCCN1)c1ccc2c(c1)CCC2. The van der Waals surface area contributed by atoms with Gasteiger partial charge in [-0.1, -0.05) is 6.07 Å². The van der Waals surface area contributed by atoms with Crippen molar-refractivity contribution in [2.24, 2.45) is 0 Å². The molecule has 1 N–H and O–H groups in total. The van der Waals surface area contributed by atoms with Gasteiger partial charge in [0, 0.05) is 31.9 Å². The van der Waals surface area contributed by atoms with Crippen molar-refractivity contribution < 1.29 is 4.74 Å². The molecule has 0 radical (unpaired) electrons. The summed E-state index contributed by atoms with van der Waals surface area (Å²) >= 11 is 0. The molecule has 3 heteroatoms. The summed E-state index contributed by atoms with van der Waals surface area (Å²) < 4.78 is 5.50. The second-order valence-corrected chi connectivity index (χ2v) is 5.74. The molecular formula is C16H24N2O. The monoisotopic (exact) mass is 260 g/mol. The Morgan fingerprint density at radius 1 is 1.32 bits per heavy atom. The van der Waals surface area contributed by atoms with Gasteiger partial charge in [-0.15, -0.1) is 0 Å². The summed E-state index contributed by atoms with van der Waals surface area (Å²) in [6.45, 7) is 3.79. The smallest absolute Gasteiger partial charge is 0.0620 e. The van der Waals surface area contributed by atoms with E-state index in [-0.39, 0.29) is 0 Å². The Hall–Kier alpha value is -1.06. The molecule has 0 saturated carbocycles. The highest BCUT2D eigenvalue weighted by molar-refractivity contribution is 5.51. The lowest BCUT2D eigenvalue weighted by molar-refractivity contribution is 0.0749. The number of nitrogens with zero attached hydrogens (tertiary/aromatic N) is 1. The zero-order valence-corrected chi connectivity index (χ0v) is 11.8. The molecule has 104 valence electrons. The van der Waals surface area contributed by atoms with E-state index in [1.165, 1.54) is 24.9 Å². The molecule has 1 fully saturated rings. The molecule has 1 aromatic rings. The van der Waals surface area contributed by atoms with Crippen LogP contribution in [-0.4, -0.2) is 39.4 Å². The van der Waals surface area contributed by atoms with Crippen LogP contribution in [0.5, 0.6) is 0 Å². The average molecular weight is 260 g/mol. The number of benzene rings is 1. The van der Waals surface area contributed by atoms with Crippen molar-refractivity contribution >= 4 is 5.69 Å². The summed E-state index contributed by atoms with van der Waals surface area (Å²) in [7, 11) is 2.19. The molecule has 0 spiro atoms. The van der Waals surface area contributed by atoms with Crippen LogP contribution < -0.4 is 10.2 Å². The second kappa shape index (κ2) is 5.93. The Morgan fingerprint density at radius 2 is 2.21 bits per heavy atom. The quantitative estimate of drug-likeness (QED) is 0.896. The van der Waals surface area contributed by atoms with E-state index in [1.54, 1.807) is 11.1 Å². The maximum Gasteiger partial charge on any atom is 0.0620 e. The minimum Gasteiger partial charge on any atom is -0.379 e. The number of aryl methyl sites for hydroxylation is 2. The standard InChI is InChI=1S/C16H24N2O/c1-18(9-7-15-12-19-10-8-17-15)16-6-5-13-3-2-4-14(13)11-16/h5-6,11,15,17H,2-4,7-10,12H2,1H3. The molecule has 1 aromatic carbocycles. The molecule has 1 atom stereocenters. The lowest BCUT2D eigenvalue weighted by atomic mass is 10.1. The minimum atomic E-state index is 0.519. The van der Waals surface area contributed by atoms with Crippen LogP contribution in [0, 0.1) is 0 Å². The highest BCUT2D eigenvalue weighted by atomic mass is 16.5. The first kappa shape index (κ1) is 12.9. The summed E-state index contributed by atoms with van der Waals surface area (Å²) in [5.74, 6) is 0. The number of rotatable bonds is 4. The van der Waals surface area contributed by atoms with Crippen molar-refractivity contribution in [1.29, 1.82) is 0 Å². The molecule has 1 heterocycles. The number of morpholine rings is 1. The Morgan fingerprint density at radius 3 is 3.05 bits per heavy atom. The number of anilines is 1. The van der Waals surface area contributed by atoms with E-state index in [4.69, 9.17) is 4.74 Å². The fourth-order valence-corrected chi connectivity index (χ4v) is 3.08. The third-order valence-electron chi connectivity index (χ3n) is 4.33. The first-order valence-corrected chi connectivity index (χ1v) is 7.47. The van der Waals surface area contributed by atoms with Gasteiger partial charge < -0.3 is 15.0 Å². The number of fused-ring (bicyclic) bond motifs is 1. The molecule has 19 heavy (non-hydrogen) atoms. The number of hydrogen-bond acceptors (Lipinski definition) is 3. The number of ether oxygens (including phenoxy) is 1. The van der Waals surface area contributed by atoms with Gasteiger partial charge in [0.25, 0.3) is 0 Å². The number of nitrogens with one attached hydrogen (secondary N) is 1. The zero-order valence-electron chi connectivity index (χ0n) is 11.8. The lowest BCUT2D eigenvalue weighted by Crippen LogP contribution is -2.42. The molecule has 1 saturated heterocycles. The summed E-state index contributed by atoms with van der Waals surface area (Å²) in [4.78, 5) is 2.37. The first-order chi connectivity index (χ1) is 9.33. The molecule has 0 bridgehead atoms. The molecule has 2 aliphatic rings. The van der Waals surface area contributed by atoms with E-state index in [9.17, 15) is 0 Å². The van der Waals surface area contributed by atoms with Crippen molar-refractivity contribution in [2.45, 2.75) is 31.7 Å². The molecular weight excluding hydrogens is 236 g/mol. The Labute approximate surface area is 115 Å². The topological polar surface area (TPSA) is 24.5 Å². The molecule has 3 rings (SSSR count). The van der Waals surface area contributed by atoms with E-state index >= 15 is 0 Å². The van der Waals surface area contributed by atoms with Crippen LogP contribution in [-0.2, 0) is 17.6 Å². The highest BCUT2D eigenvalue weighted by Crippen LogP contribution is 2.26. The fraction of sp³-hybridized carbons (Fsp3) is 0.625. The van der Waals surface area contributed by atoms with Gasteiger partial charge in [-0.2, -0.15) is 0 Å². The van der Waals surface area contributed by atoms with E-state index < -0.39 is 0 Å². The summed E-state index contributed by atoms with van der Waals surface area (Å²) in [6.07, 6.45) is 5.00. The molecule has 0 amide bonds. The maximum atomic E-state index is 5.50. The van der Waals surface area contributed by atoms with Crippen LogP contribution >= 0.6 is 0 Å². The number of hydrogen-bond donors (Lipinski definition) is 1. The van der Waals surface area contributed by atoms with Crippen LogP contribution in [0.4, 0.5) is 5.69 Å². The van der Waals surface area contributed by atoms with E-state index in [1.807, 2.05) is 0 Å². The van der Waals surface area contributed by atoms with Gasteiger partial charge in [0.1, 0.15) is 0 Å². The van der Waals surface area contributed by atoms with Crippen LogP contribution in [0.3, 0.4) is 0 Å². The van der Waals surface area contributed by atoms with E-state index in [2.05, 4.69) is 35.5 Å². The Bertz CT molecular complexity index is 427. The van der Waals surface area contributed by atoms with Gasteiger partial charge in [0.2, 0.25) is 0 Å². The Kier molecular flexibility index (Phi) is 4.04. The molecule has 3 nitrogen and oxygen atoms in total. The van der Waals surface area contributed by atoms with Gasteiger partial charge in [-0.3, -0.25) is 0 Å². The molecule has 1 aliphatic heterocycles. The minimum absolute atomic E-state index is 0.519. The van der Waals surface area contributed by atoms with Crippen molar-refractivity contribution in [1.82, 2.24) is 5.32 Å². The molecule has 1 unspecified atom stereocenters. The Balaban J connectivity index is 1.56. The average Bonchev–Trinajstić information content (AvgIpc) is 2.93. The molecule has 1 aliphatic carbocycles. The third-order valence-corrected chi connectivity index (χ3v) is 4.33. The van der Waals surface area contributed by atoms with Crippen LogP contribution in [0.1, 0.15) is 24.0 Å². The lowest BCUT2D eigenvalue weighted by Gasteiger charge is -2.27. The van der Waals surface area contributed by atoms with Crippen molar-refractivity contribution in [3.63, 3.8) is 0 Å². The first-order valence-electron chi connectivity index (χ1n) is 7.47. The normalized spacial score (nSPS) is 22.3. The maximum absolute atomic E-state index is 5.50. The zero-order chi connectivity index (χ0) is 13.1. The van der Waals surface area contributed by atoms with E-state index in [0.717, 1.165) is 32.7 Å². The summed E-state index contributed by atoms with van der Waals surface area (Å²) in [6, 6.07) is 7.49. The predicted molar refractivity (Wildman–Crippen MR) is 79.0 cm³/mol. The predicted octanol–water partition coefficient (Wildman–Crippen LogP) is 1.99. The van der Waals surface area contributed by atoms with Crippen molar-refractivity contribution in [3.05, 3.63) is 29.3 Å². The van der Waals surface area contributed by atoms with Gasteiger partial charge in [0.15, 0.2) is 0 Å². The van der Waals surface area contributed by atoms with Crippen molar-refractivity contribution in [2.75, 3.05) is 38.3 Å². The van der Waals surface area contributed by atoms with Gasteiger partial charge in [-0.05, 0) is 48.9 Å². The van der Waals surface area contributed by atoms with Crippen LogP contribution in [0.15, 0.2) is 18.2 Å². The van der Waals surface area contributed by atoms with Gasteiger partial charge >= 0.3 is 0 Å². The summed E-state index contributed by atoms with van der Waals surface area (Å²) in [5.41, 5.74) is 4.47. The van der Waals surface area contributed by atoms with Gasteiger partial charge in [-0.25, -0.2) is 0 Å². The van der Waals surface area contributed by atoms with E-state index in [0.29, 0.717) is 6.04 Å². The van der Waals surface area contributed by atoms with Crippen LogP contribution in [0.2, 0.25) is 0 Å².